The molecule has 2 heterocycles. The third kappa shape index (κ3) is 3.64. The fraction of sp³-hybridized carbons (Fsp3) is 0. The Hall–Kier alpha value is -3.81. The molecule has 26 heavy (non-hydrogen) atoms. The topological polar surface area (TPSA) is 75.0 Å². The summed E-state index contributed by atoms with van der Waals surface area (Å²) in [6.45, 7) is 0. The van der Waals surface area contributed by atoms with E-state index in [9.17, 15) is 4.39 Å². The summed E-state index contributed by atoms with van der Waals surface area (Å²) in [7, 11) is 0. The Bertz CT molecular complexity index is 1010. The van der Waals surface area contributed by atoms with Crippen LogP contribution in [0.25, 0.3) is 5.69 Å². The summed E-state index contributed by atoms with van der Waals surface area (Å²) in [5.41, 5.74) is 0.790. The Morgan fingerprint density at radius 2 is 1.81 bits per heavy atom. The second-order valence-corrected chi connectivity index (χ2v) is 5.17. The van der Waals surface area contributed by atoms with Gasteiger partial charge >= 0.3 is 6.01 Å². The first-order valence-electron chi connectivity index (χ1n) is 7.66. The molecule has 4 rings (SSSR count). The highest BCUT2D eigenvalue weighted by molar-refractivity contribution is 5.39. The number of halogens is 1. The molecule has 0 unspecified atom stereocenters. The first-order chi connectivity index (χ1) is 12.8. The summed E-state index contributed by atoms with van der Waals surface area (Å²) in [5.74, 6) is 0.950. The van der Waals surface area contributed by atoms with Gasteiger partial charge in [-0.3, -0.25) is 0 Å². The van der Waals surface area contributed by atoms with Crippen molar-refractivity contribution in [1.29, 1.82) is 0 Å². The summed E-state index contributed by atoms with van der Waals surface area (Å²) in [6.07, 6.45) is 4.56. The van der Waals surface area contributed by atoms with E-state index in [2.05, 4.69) is 20.1 Å². The zero-order chi connectivity index (χ0) is 17.8. The zero-order valence-electron chi connectivity index (χ0n) is 13.4. The van der Waals surface area contributed by atoms with Crippen molar-refractivity contribution in [3.63, 3.8) is 0 Å². The molecule has 0 amide bonds. The molecular formula is C18H12FN5O2. The second-order valence-electron chi connectivity index (χ2n) is 5.17. The number of nitrogens with zero attached hydrogens (tertiary/aromatic N) is 5. The number of aromatic nitrogens is 5. The van der Waals surface area contributed by atoms with E-state index in [1.54, 1.807) is 29.2 Å². The summed E-state index contributed by atoms with van der Waals surface area (Å²) in [5, 5.41) is 4.07. The van der Waals surface area contributed by atoms with Crippen LogP contribution in [0.4, 0.5) is 4.39 Å². The lowest BCUT2D eigenvalue weighted by Crippen LogP contribution is -1.97. The van der Waals surface area contributed by atoms with E-state index in [0.717, 1.165) is 5.69 Å². The predicted molar refractivity (Wildman–Crippen MR) is 89.9 cm³/mol. The molecule has 8 heteroatoms. The molecule has 0 spiro atoms. The maximum absolute atomic E-state index is 13.0. The Kier molecular flexibility index (Phi) is 4.21. The van der Waals surface area contributed by atoms with Crippen molar-refractivity contribution in [3.8, 4) is 29.1 Å². The van der Waals surface area contributed by atoms with Crippen LogP contribution < -0.4 is 9.47 Å². The Balaban J connectivity index is 1.52. The van der Waals surface area contributed by atoms with Gasteiger partial charge in [-0.1, -0.05) is 6.07 Å². The Morgan fingerprint density at radius 1 is 0.923 bits per heavy atom. The number of rotatable bonds is 5. The minimum atomic E-state index is -0.337. The van der Waals surface area contributed by atoms with E-state index in [4.69, 9.17) is 9.47 Å². The highest BCUT2D eigenvalue weighted by atomic mass is 19.1. The fourth-order valence-corrected chi connectivity index (χ4v) is 2.19. The van der Waals surface area contributed by atoms with Crippen LogP contribution in [-0.2, 0) is 0 Å². The second kappa shape index (κ2) is 6.98. The third-order valence-electron chi connectivity index (χ3n) is 3.35. The fourth-order valence-electron chi connectivity index (χ4n) is 2.19. The van der Waals surface area contributed by atoms with E-state index >= 15 is 0 Å². The molecule has 4 aromatic rings. The van der Waals surface area contributed by atoms with E-state index in [1.807, 2.05) is 12.1 Å². The van der Waals surface area contributed by atoms with E-state index in [1.165, 1.54) is 36.8 Å². The molecule has 0 fully saturated rings. The Labute approximate surface area is 147 Å². The van der Waals surface area contributed by atoms with Gasteiger partial charge in [0.05, 0.1) is 5.69 Å². The molecule has 7 nitrogen and oxygen atoms in total. The summed E-state index contributed by atoms with van der Waals surface area (Å²) in [4.78, 5) is 12.2. The van der Waals surface area contributed by atoms with Gasteiger partial charge in [-0.25, -0.2) is 19.0 Å². The highest BCUT2D eigenvalue weighted by Crippen LogP contribution is 2.24. The normalized spacial score (nSPS) is 10.5. The number of ether oxygens (including phenoxy) is 2. The first kappa shape index (κ1) is 15.7. The van der Waals surface area contributed by atoms with Crippen molar-refractivity contribution >= 4 is 0 Å². The molecule has 0 aliphatic heterocycles. The summed E-state index contributed by atoms with van der Waals surface area (Å²) < 4.78 is 25.8. The van der Waals surface area contributed by atoms with Gasteiger partial charge in [0, 0.05) is 18.3 Å². The maximum Gasteiger partial charge on any atom is 0.325 e. The molecular weight excluding hydrogens is 337 g/mol. The number of hydrogen-bond acceptors (Lipinski definition) is 6. The predicted octanol–water partition coefficient (Wildman–Crippen LogP) is 3.78. The van der Waals surface area contributed by atoms with Crippen molar-refractivity contribution in [2.75, 3.05) is 0 Å². The lowest BCUT2D eigenvalue weighted by atomic mass is 10.3. The standard InChI is InChI=1S/C18H12FN5O2/c19-13-4-6-15(7-5-13)25-17-8-9-21-18(23-17)26-16-3-1-2-14(10-16)24-12-20-11-22-24/h1-12H. The molecule has 0 bridgehead atoms. The van der Waals surface area contributed by atoms with Crippen molar-refractivity contribution in [3.05, 3.63) is 79.3 Å². The molecule has 0 saturated heterocycles. The van der Waals surface area contributed by atoms with Gasteiger partial charge in [0.15, 0.2) is 0 Å². The molecule has 0 radical (unpaired) electrons. The molecule has 0 N–H and O–H groups in total. The lowest BCUT2D eigenvalue weighted by molar-refractivity contribution is 0.411. The maximum atomic E-state index is 13.0. The third-order valence-corrected chi connectivity index (χ3v) is 3.35. The van der Waals surface area contributed by atoms with Gasteiger partial charge in [-0.2, -0.15) is 10.1 Å². The van der Waals surface area contributed by atoms with Crippen molar-refractivity contribution in [1.82, 2.24) is 24.7 Å². The molecule has 128 valence electrons. The van der Waals surface area contributed by atoms with E-state index in [-0.39, 0.29) is 17.7 Å². The molecule has 2 aromatic heterocycles. The Morgan fingerprint density at radius 3 is 2.62 bits per heavy atom. The number of benzene rings is 2. The molecule has 0 aliphatic rings. The van der Waals surface area contributed by atoms with Gasteiger partial charge in [0.1, 0.15) is 30.0 Å². The highest BCUT2D eigenvalue weighted by Gasteiger charge is 2.06. The monoisotopic (exact) mass is 349 g/mol. The van der Waals surface area contributed by atoms with Gasteiger partial charge in [0.25, 0.3) is 0 Å². The van der Waals surface area contributed by atoms with Gasteiger partial charge < -0.3 is 9.47 Å². The van der Waals surface area contributed by atoms with E-state index in [0.29, 0.717) is 11.5 Å². The average molecular weight is 349 g/mol. The van der Waals surface area contributed by atoms with Crippen LogP contribution in [-0.4, -0.2) is 24.7 Å². The molecule has 0 saturated carbocycles. The largest absolute Gasteiger partial charge is 0.439 e. The number of hydrogen-bond donors (Lipinski definition) is 0. The van der Waals surface area contributed by atoms with Crippen molar-refractivity contribution in [2.45, 2.75) is 0 Å². The minimum absolute atomic E-state index is 0.125. The van der Waals surface area contributed by atoms with Crippen molar-refractivity contribution in [2.24, 2.45) is 0 Å². The van der Waals surface area contributed by atoms with Crippen LogP contribution in [0.2, 0.25) is 0 Å². The van der Waals surface area contributed by atoms with Crippen LogP contribution in [0.1, 0.15) is 0 Å². The lowest BCUT2D eigenvalue weighted by Gasteiger charge is -2.08. The minimum Gasteiger partial charge on any atom is -0.439 e. The SMILES string of the molecule is Fc1ccc(Oc2ccnc(Oc3cccc(-n4cncn4)c3)n2)cc1. The van der Waals surface area contributed by atoms with Crippen LogP contribution in [0.5, 0.6) is 23.4 Å². The van der Waals surface area contributed by atoms with Crippen LogP contribution in [0.3, 0.4) is 0 Å². The average Bonchev–Trinajstić information content (AvgIpc) is 3.19. The smallest absolute Gasteiger partial charge is 0.325 e. The van der Waals surface area contributed by atoms with Crippen molar-refractivity contribution < 1.29 is 13.9 Å². The summed E-state index contributed by atoms with van der Waals surface area (Å²) in [6, 6.07) is 14.6. The van der Waals surface area contributed by atoms with E-state index < -0.39 is 0 Å². The van der Waals surface area contributed by atoms with Gasteiger partial charge in [-0.15, -0.1) is 0 Å². The van der Waals surface area contributed by atoms with Gasteiger partial charge in [0.2, 0.25) is 5.88 Å². The van der Waals surface area contributed by atoms with Crippen LogP contribution in [0, 0.1) is 5.82 Å². The zero-order valence-corrected chi connectivity index (χ0v) is 13.4. The molecule has 0 aliphatic carbocycles. The first-order valence-corrected chi connectivity index (χ1v) is 7.66. The quantitative estimate of drug-likeness (QED) is 0.546. The molecule has 0 atom stereocenters. The van der Waals surface area contributed by atoms with Crippen LogP contribution >= 0.6 is 0 Å². The molecule has 2 aromatic carbocycles. The van der Waals surface area contributed by atoms with Crippen LogP contribution in [0.15, 0.2) is 73.4 Å². The van der Waals surface area contributed by atoms with Gasteiger partial charge in [-0.05, 0) is 36.4 Å². The summed E-state index contributed by atoms with van der Waals surface area (Å²) >= 11 is 0.